The molecule has 0 aliphatic heterocycles. The number of anilines is 1. The molecule has 2 aromatic carbocycles. The van der Waals surface area contributed by atoms with Crippen LogP contribution in [0.15, 0.2) is 52.9 Å². The van der Waals surface area contributed by atoms with E-state index >= 15 is 0 Å². The molecule has 0 radical (unpaired) electrons. The highest BCUT2D eigenvalue weighted by atomic mass is 16.5. The van der Waals surface area contributed by atoms with Gasteiger partial charge in [-0.05, 0) is 51.3 Å². The van der Waals surface area contributed by atoms with Crippen LogP contribution in [0.3, 0.4) is 0 Å². The number of fused-ring (bicyclic) bond motifs is 2. The summed E-state index contributed by atoms with van der Waals surface area (Å²) in [5.41, 5.74) is 1.59. The van der Waals surface area contributed by atoms with Crippen molar-refractivity contribution in [2.24, 2.45) is 0 Å². The van der Waals surface area contributed by atoms with Crippen LogP contribution >= 0.6 is 0 Å². The average Bonchev–Trinajstić information content (AvgIpc) is 3.14. The lowest BCUT2D eigenvalue weighted by Crippen LogP contribution is -2.17. The van der Waals surface area contributed by atoms with Gasteiger partial charge in [-0.2, -0.15) is 0 Å². The molecule has 4 rings (SSSR count). The van der Waals surface area contributed by atoms with Crippen LogP contribution in [0.1, 0.15) is 6.42 Å². The van der Waals surface area contributed by atoms with E-state index in [1.807, 2.05) is 48.5 Å². The fraction of sp³-hybridized carbons (Fsp3) is 0.273. The number of aromatic nitrogens is 2. The molecule has 0 unspecified atom stereocenters. The van der Waals surface area contributed by atoms with Crippen LogP contribution < -0.4 is 10.1 Å². The Bertz CT molecular complexity index is 1070. The zero-order valence-corrected chi connectivity index (χ0v) is 16.4. The summed E-state index contributed by atoms with van der Waals surface area (Å²) in [5.74, 6) is 2.69. The molecule has 0 saturated heterocycles. The Labute approximate surface area is 164 Å². The highest BCUT2D eigenvalue weighted by Gasteiger charge is 2.15. The van der Waals surface area contributed by atoms with E-state index in [1.165, 1.54) is 0 Å². The van der Waals surface area contributed by atoms with Gasteiger partial charge in [-0.1, -0.05) is 24.3 Å². The second kappa shape index (κ2) is 7.86. The summed E-state index contributed by atoms with van der Waals surface area (Å²) in [4.78, 5) is 11.7. The predicted octanol–water partition coefficient (Wildman–Crippen LogP) is 4.42. The van der Waals surface area contributed by atoms with Crippen molar-refractivity contribution in [1.82, 2.24) is 14.9 Å². The predicted molar refractivity (Wildman–Crippen MR) is 113 cm³/mol. The number of nitrogens with zero attached hydrogens (tertiary/aromatic N) is 3. The first-order valence-corrected chi connectivity index (χ1v) is 9.38. The minimum Gasteiger partial charge on any atom is -0.494 e. The van der Waals surface area contributed by atoms with E-state index in [2.05, 4.69) is 24.3 Å². The molecule has 0 saturated carbocycles. The van der Waals surface area contributed by atoms with Crippen molar-refractivity contribution >= 4 is 27.7 Å². The number of benzene rings is 2. The van der Waals surface area contributed by atoms with Crippen molar-refractivity contribution in [3.63, 3.8) is 0 Å². The fourth-order valence-corrected chi connectivity index (χ4v) is 3.23. The van der Waals surface area contributed by atoms with E-state index in [0.29, 0.717) is 17.3 Å². The molecular formula is C22H24N4O2. The molecule has 0 spiro atoms. The van der Waals surface area contributed by atoms with Gasteiger partial charge >= 0.3 is 0 Å². The van der Waals surface area contributed by atoms with E-state index in [0.717, 1.165) is 47.2 Å². The van der Waals surface area contributed by atoms with Gasteiger partial charge in [0.2, 0.25) is 0 Å². The molecule has 4 aromatic rings. The van der Waals surface area contributed by atoms with Gasteiger partial charge in [-0.25, -0.2) is 9.97 Å². The van der Waals surface area contributed by atoms with Crippen LogP contribution in [0.2, 0.25) is 0 Å². The normalized spacial score (nSPS) is 11.4. The third kappa shape index (κ3) is 3.64. The summed E-state index contributed by atoms with van der Waals surface area (Å²) < 4.78 is 11.5. The Morgan fingerprint density at radius 3 is 2.71 bits per heavy atom. The molecule has 144 valence electrons. The molecule has 0 fully saturated rings. The number of nitrogens with one attached hydrogen (secondary N) is 1. The van der Waals surface area contributed by atoms with Gasteiger partial charge in [-0.3, -0.25) is 0 Å². The second-order valence-corrected chi connectivity index (χ2v) is 6.98. The molecule has 0 bridgehead atoms. The van der Waals surface area contributed by atoms with E-state index in [4.69, 9.17) is 19.1 Å². The number of furan rings is 1. The summed E-state index contributed by atoms with van der Waals surface area (Å²) >= 11 is 0. The molecule has 28 heavy (non-hydrogen) atoms. The molecule has 1 N–H and O–H groups in total. The summed E-state index contributed by atoms with van der Waals surface area (Å²) in [6.07, 6.45) is 1.02. The van der Waals surface area contributed by atoms with E-state index < -0.39 is 0 Å². The molecule has 2 heterocycles. The number of hydrogen-bond acceptors (Lipinski definition) is 6. The highest BCUT2D eigenvalue weighted by Crippen LogP contribution is 2.32. The Morgan fingerprint density at radius 2 is 1.93 bits per heavy atom. The maximum Gasteiger partial charge on any atom is 0.198 e. The van der Waals surface area contributed by atoms with Crippen LogP contribution in [0, 0.1) is 0 Å². The standard InChI is InChI=1S/C22H24N4O2/c1-26(2)13-7-12-23-21-16-9-6-11-18(27-3)20(16)24-22(25-21)19-14-15-8-4-5-10-17(15)28-19/h4-6,8-11,14H,7,12-13H2,1-3H3,(H,23,24,25). The smallest absolute Gasteiger partial charge is 0.198 e. The van der Waals surface area contributed by atoms with E-state index in [1.54, 1.807) is 7.11 Å². The maximum absolute atomic E-state index is 5.99. The van der Waals surface area contributed by atoms with E-state index in [9.17, 15) is 0 Å². The lowest BCUT2D eigenvalue weighted by Gasteiger charge is -2.13. The Morgan fingerprint density at radius 1 is 1.07 bits per heavy atom. The molecule has 6 heteroatoms. The number of rotatable bonds is 7. The number of hydrogen-bond donors (Lipinski definition) is 1. The quantitative estimate of drug-likeness (QED) is 0.482. The van der Waals surface area contributed by atoms with Crippen LogP contribution in [-0.2, 0) is 0 Å². The first-order valence-electron chi connectivity index (χ1n) is 9.38. The molecule has 6 nitrogen and oxygen atoms in total. The minimum absolute atomic E-state index is 0.545. The Balaban J connectivity index is 1.77. The maximum atomic E-state index is 5.99. The monoisotopic (exact) mass is 376 g/mol. The van der Waals surface area contributed by atoms with Gasteiger partial charge in [0.05, 0.1) is 7.11 Å². The van der Waals surface area contributed by atoms with Gasteiger partial charge in [0.1, 0.15) is 22.7 Å². The average molecular weight is 376 g/mol. The van der Waals surface area contributed by atoms with Gasteiger partial charge in [0.15, 0.2) is 11.6 Å². The number of ether oxygens (including phenoxy) is 1. The molecular weight excluding hydrogens is 352 g/mol. The summed E-state index contributed by atoms with van der Waals surface area (Å²) in [6.45, 7) is 1.83. The van der Waals surface area contributed by atoms with Crippen molar-refractivity contribution in [1.29, 1.82) is 0 Å². The zero-order chi connectivity index (χ0) is 19.5. The summed E-state index contributed by atoms with van der Waals surface area (Å²) in [7, 11) is 5.80. The first-order chi connectivity index (χ1) is 13.7. The lowest BCUT2D eigenvalue weighted by molar-refractivity contribution is 0.405. The van der Waals surface area contributed by atoms with Gasteiger partial charge in [-0.15, -0.1) is 0 Å². The molecule has 0 aliphatic rings. The molecule has 0 aliphatic carbocycles. The van der Waals surface area contributed by atoms with Gasteiger partial charge in [0.25, 0.3) is 0 Å². The van der Waals surface area contributed by atoms with Crippen LogP contribution in [-0.4, -0.2) is 49.2 Å². The first kappa shape index (κ1) is 18.3. The zero-order valence-electron chi connectivity index (χ0n) is 16.4. The van der Waals surface area contributed by atoms with Crippen molar-refractivity contribution in [3.8, 4) is 17.3 Å². The number of para-hydroxylation sites is 2. The molecule has 0 atom stereocenters. The van der Waals surface area contributed by atoms with Gasteiger partial charge < -0.3 is 19.4 Å². The molecule has 0 amide bonds. The summed E-state index contributed by atoms with van der Waals surface area (Å²) in [5, 5.41) is 5.43. The second-order valence-electron chi connectivity index (χ2n) is 6.98. The van der Waals surface area contributed by atoms with Gasteiger partial charge in [0, 0.05) is 17.3 Å². The third-order valence-electron chi connectivity index (χ3n) is 4.63. The van der Waals surface area contributed by atoms with Crippen LogP contribution in [0.25, 0.3) is 33.5 Å². The Hall–Kier alpha value is -3.12. The van der Waals surface area contributed by atoms with Crippen LogP contribution in [0.5, 0.6) is 5.75 Å². The third-order valence-corrected chi connectivity index (χ3v) is 4.63. The lowest BCUT2D eigenvalue weighted by atomic mass is 10.2. The summed E-state index contributed by atoms with van der Waals surface area (Å²) in [6, 6.07) is 15.8. The minimum atomic E-state index is 0.545. The van der Waals surface area contributed by atoms with Crippen molar-refractivity contribution in [2.75, 3.05) is 39.6 Å². The van der Waals surface area contributed by atoms with Crippen molar-refractivity contribution in [3.05, 3.63) is 48.5 Å². The largest absolute Gasteiger partial charge is 0.494 e. The van der Waals surface area contributed by atoms with Crippen molar-refractivity contribution in [2.45, 2.75) is 6.42 Å². The SMILES string of the molecule is COc1cccc2c(NCCCN(C)C)nc(-c3cc4ccccc4o3)nc12. The highest BCUT2D eigenvalue weighted by molar-refractivity contribution is 5.94. The molecule has 2 aromatic heterocycles. The Kier molecular flexibility index (Phi) is 5.12. The van der Waals surface area contributed by atoms with Crippen LogP contribution in [0.4, 0.5) is 5.82 Å². The van der Waals surface area contributed by atoms with Crippen molar-refractivity contribution < 1.29 is 9.15 Å². The van der Waals surface area contributed by atoms with E-state index in [-0.39, 0.29) is 0 Å². The number of methoxy groups -OCH3 is 1. The topological polar surface area (TPSA) is 63.4 Å². The fourth-order valence-electron chi connectivity index (χ4n) is 3.23.